The summed E-state index contributed by atoms with van der Waals surface area (Å²) in [6, 6.07) is 0.565. The van der Waals surface area contributed by atoms with Gasteiger partial charge in [-0.2, -0.15) is 0 Å². The molecule has 0 saturated heterocycles. The molecule has 1 fully saturated rings. The van der Waals surface area contributed by atoms with Gasteiger partial charge in [-0.1, -0.05) is 13.8 Å². The Morgan fingerprint density at radius 2 is 2.17 bits per heavy atom. The first kappa shape index (κ1) is 10.0. The van der Waals surface area contributed by atoms with E-state index in [1.165, 1.54) is 25.7 Å². The minimum absolute atomic E-state index is 0.565. The number of nitrogens with one attached hydrogen (secondary N) is 1. The van der Waals surface area contributed by atoms with Gasteiger partial charge in [-0.25, -0.2) is 0 Å². The standard InChI is InChI=1S/C10H21NO/c1-3-9(11-4-2)8-12-10-6-5-7-10/h9-11H,3-8H2,1-2H3. The van der Waals surface area contributed by atoms with Crippen molar-refractivity contribution in [3.8, 4) is 0 Å². The van der Waals surface area contributed by atoms with Crippen molar-refractivity contribution in [1.29, 1.82) is 0 Å². The summed E-state index contributed by atoms with van der Waals surface area (Å²) < 4.78 is 5.72. The average molecular weight is 171 g/mol. The third-order valence-corrected chi connectivity index (χ3v) is 2.57. The van der Waals surface area contributed by atoms with E-state index in [2.05, 4.69) is 19.2 Å². The molecule has 1 N–H and O–H groups in total. The maximum atomic E-state index is 5.72. The summed E-state index contributed by atoms with van der Waals surface area (Å²) in [6.45, 7) is 6.30. The molecule has 0 amide bonds. The summed E-state index contributed by atoms with van der Waals surface area (Å²) >= 11 is 0. The van der Waals surface area contributed by atoms with Gasteiger partial charge in [0, 0.05) is 6.04 Å². The van der Waals surface area contributed by atoms with Gasteiger partial charge in [0.25, 0.3) is 0 Å². The lowest BCUT2D eigenvalue weighted by atomic mass is 9.96. The van der Waals surface area contributed by atoms with Gasteiger partial charge in [0.2, 0.25) is 0 Å². The SMILES string of the molecule is CCNC(CC)COC1CCC1. The maximum Gasteiger partial charge on any atom is 0.0623 e. The van der Waals surface area contributed by atoms with Crippen LogP contribution < -0.4 is 5.32 Å². The first-order chi connectivity index (χ1) is 5.86. The first-order valence-corrected chi connectivity index (χ1v) is 5.21. The van der Waals surface area contributed by atoms with E-state index in [9.17, 15) is 0 Å². The van der Waals surface area contributed by atoms with E-state index in [0.717, 1.165) is 13.2 Å². The topological polar surface area (TPSA) is 21.3 Å². The van der Waals surface area contributed by atoms with Gasteiger partial charge in [0.15, 0.2) is 0 Å². The van der Waals surface area contributed by atoms with Gasteiger partial charge in [0.05, 0.1) is 12.7 Å². The second-order valence-electron chi connectivity index (χ2n) is 3.55. The molecule has 12 heavy (non-hydrogen) atoms. The molecule has 0 bridgehead atoms. The molecule has 0 spiro atoms. The summed E-state index contributed by atoms with van der Waals surface area (Å²) in [6.07, 6.45) is 5.67. The highest BCUT2D eigenvalue weighted by Crippen LogP contribution is 2.21. The fourth-order valence-corrected chi connectivity index (χ4v) is 1.40. The first-order valence-electron chi connectivity index (χ1n) is 5.21. The monoisotopic (exact) mass is 171 g/mol. The smallest absolute Gasteiger partial charge is 0.0623 e. The summed E-state index contributed by atoms with van der Waals surface area (Å²) in [4.78, 5) is 0. The number of ether oxygens (including phenoxy) is 1. The summed E-state index contributed by atoms with van der Waals surface area (Å²) in [5.74, 6) is 0. The molecule has 0 radical (unpaired) electrons. The van der Waals surface area contributed by atoms with E-state index in [-0.39, 0.29) is 0 Å². The second-order valence-corrected chi connectivity index (χ2v) is 3.55. The molecule has 1 aliphatic rings. The van der Waals surface area contributed by atoms with Crippen molar-refractivity contribution in [2.45, 2.75) is 51.7 Å². The molecular weight excluding hydrogens is 150 g/mol. The minimum atomic E-state index is 0.565. The van der Waals surface area contributed by atoms with Gasteiger partial charge < -0.3 is 10.1 Å². The van der Waals surface area contributed by atoms with Crippen molar-refractivity contribution >= 4 is 0 Å². The normalized spacial score (nSPS) is 20.5. The van der Waals surface area contributed by atoms with Crippen LogP contribution in [0.15, 0.2) is 0 Å². The fraction of sp³-hybridized carbons (Fsp3) is 1.00. The molecule has 0 aromatic carbocycles. The predicted molar refractivity (Wildman–Crippen MR) is 51.3 cm³/mol. The average Bonchev–Trinajstić information content (AvgIpc) is 2.00. The van der Waals surface area contributed by atoms with Crippen molar-refractivity contribution < 1.29 is 4.74 Å². The number of hydrogen-bond acceptors (Lipinski definition) is 2. The maximum absolute atomic E-state index is 5.72. The molecule has 1 rings (SSSR count). The minimum Gasteiger partial charge on any atom is -0.377 e. The highest BCUT2D eigenvalue weighted by molar-refractivity contribution is 4.71. The third kappa shape index (κ3) is 3.11. The van der Waals surface area contributed by atoms with Crippen molar-refractivity contribution in [3.05, 3.63) is 0 Å². The Balaban J connectivity index is 2.01. The number of rotatable bonds is 6. The van der Waals surface area contributed by atoms with Crippen LogP contribution in [0.25, 0.3) is 0 Å². The van der Waals surface area contributed by atoms with Crippen LogP contribution in [0.2, 0.25) is 0 Å². The zero-order valence-corrected chi connectivity index (χ0v) is 8.31. The quantitative estimate of drug-likeness (QED) is 0.659. The van der Waals surface area contributed by atoms with Gasteiger partial charge in [-0.3, -0.25) is 0 Å². The Hall–Kier alpha value is -0.0800. The molecule has 1 saturated carbocycles. The van der Waals surface area contributed by atoms with Crippen LogP contribution in [0.4, 0.5) is 0 Å². The zero-order valence-electron chi connectivity index (χ0n) is 8.31. The van der Waals surface area contributed by atoms with Crippen LogP contribution in [0.5, 0.6) is 0 Å². The highest BCUT2D eigenvalue weighted by Gasteiger charge is 2.18. The Bertz CT molecular complexity index is 112. The van der Waals surface area contributed by atoms with Crippen molar-refractivity contribution in [1.82, 2.24) is 5.32 Å². The molecule has 2 nitrogen and oxygen atoms in total. The molecule has 1 unspecified atom stereocenters. The molecule has 0 aromatic rings. The van der Waals surface area contributed by atoms with E-state index in [1.54, 1.807) is 0 Å². The molecule has 1 aliphatic carbocycles. The largest absolute Gasteiger partial charge is 0.377 e. The predicted octanol–water partition coefficient (Wildman–Crippen LogP) is 1.94. The highest BCUT2D eigenvalue weighted by atomic mass is 16.5. The molecule has 1 atom stereocenters. The fourth-order valence-electron chi connectivity index (χ4n) is 1.40. The van der Waals surface area contributed by atoms with E-state index in [4.69, 9.17) is 4.74 Å². The van der Waals surface area contributed by atoms with E-state index >= 15 is 0 Å². The molecular formula is C10H21NO. The van der Waals surface area contributed by atoms with Crippen LogP contribution in [-0.4, -0.2) is 25.3 Å². The van der Waals surface area contributed by atoms with E-state index < -0.39 is 0 Å². The van der Waals surface area contributed by atoms with Crippen LogP contribution in [-0.2, 0) is 4.74 Å². The number of likely N-dealkylation sites (N-methyl/N-ethyl adjacent to an activating group) is 1. The molecule has 2 heteroatoms. The Labute approximate surface area is 75.7 Å². The van der Waals surface area contributed by atoms with E-state index in [1.807, 2.05) is 0 Å². The van der Waals surface area contributed by atoms with Gasteiger partial charge in [-0.15, -0.1) is 0 Å². The summed E-state index contributed by atoms with van der Waals surface area (Å²) in [5.41, 5.74) is 0. The van der Waals surface area contributed by atoms with E-state index in [0.29, 0.717) is 12.1 Å². The molecule has 0 heterocycles. The second kappa shape index (κ2) is 5.55. The summed E-state index contributed by atoms with van der Waals surface area (Å²) in [5, 5.41) is 3.41. The van der Waals surface area contributed by atoms with Crippen LogP contribution in [0, 0.1) is 0 Å². The summed E-state index contributed by atoms with van der Waals surface area (Å²) in [7, 11) is 0. The lowest BCUT2D eigenvalue weighted by Gasteiger charge is -2.27. The number of hydrogen-bond donors (Lipinski definition) is 1. The van der Waals surface area contributed by atoms with Gasteiger partial charge in [-0.05, 0) is 32.2 Å². The molecule has 0 aromatic heterocycles. The Morgan fingerprint density at radius 3 is 2.58 bits per heavy atom. The lowest BCUT2D eigenvalue weighted by molar-refractivity contribution is -0.00863. The Morgan fingerprint density at radius 1 is 1.42 bits per heavy atom. The molecule has 0 aliphatic heterocycles. The third-order valence-electron chi connectivity index (χ3n) is 2.57. The lowest BCUT2D eigenvalue weighted by Crippen LogP contribution is -2.35. The van der Waals surface area contributed by atoms with Crippen molar-refractivity contribution in [3.63, 3.8) is 0 Å². The molecule has 72 valence electrons. The Kier molecular flexibility index (Phi) is 4.62. The van der Waals surface area contributed by atoms with Crippen LogP contribution in [0.1, 0.15) is 39.5 Å². The van der Waals surface area contributed by atoms with Crippen LogP contribution >= 0.6 is 0 Å². The van der Waals surface area contributed by atoms with Crippen molar-refractivity contribution in [2.75, 3.05) is 13.2 Å². The van der Waals surface area contributed by atoms with Crippen LogP contribution in [0.3, 0.4) is 0 Å². The van der Waals surface area contributed by atoms with Gasteiger partial charge in [0.1, 0.15) is 0 Å². The van der Waals surface area contributed by atoms with Crippen molar-refractivity contribution in [2.24, 2.45) is 0 Å². The van der Waals surface area contributed by atoms with Gasteiger partial charge >= 0.3 is 0 Å². The zero-order chi connectivity index (χ0) is 8.81.